The van der Waals surface area contributed by atoms with Crippen molar-refractivity contribution in [3.05, 3.63) is 82.6 Å². The third-order valence-corrected chi connectivity index (χ3v) is 4.26. The first kappa shape index (κ1) is 17.6. The van der Waals surface area contributed by atoms with Crippen molar-refractivity contribution in [1.82, 2.24) is 24.8 Å². The van der Waals surface area contributed by atoms with Crippen LogP contribution in [0.2, 0.25) is 0 Å². The molecule has 0 aliphatic carbocycles. The second-order valence-electron chi connectivity index (χ2n) is 6.07. The Morgan fingerprint density at radius 1 is 1.31 bits per heavy atom. The maximum atomic E-state index is 12.5. The smallest absolute Gasteiger partial charge is 0.254 e. The van der Waals surface area contributed by atoms with Gasteiger partial charge < -0.3 is 14.9 Å². The molecule has 1 atom stereocenters. The van der Waals surface area contributed by atoms with Gasteiger partial charge in [-0.15, -0.1) is 0 Å². The lowest BCUT2D eigenvalue weighted by Gasteiger charge is -2.20. The zero-order chi connectivity index (χ0) is 18.4. The van der Waals surface area contributed by atoms with E-state index < -0.39 is 0 Å². The van der Waals surface area contributed by atoms with Crippen LogP contribution >= 0.6 is 0 Å². The summed E-state index contributed by atoms with van der Waals surface area (Å²) in [6.07, 6.45) is 7.14. The Morgan fingerprint density at radius 2 is 2.12 bits per heavy atom. The molecule has 0 aliphatic heterocycles. The molecule has 26 heavy (non-hydrogen) atoms. The summed E-state index contributed by atoms with van der Waals surface area (Å²) in [5, 5.41) is 3.04. The van der Waals surface area contributed by atoms with E-state index in [4.69, 9.17) is 0 Å². The predicted molar refractivity (Wildman–Crippen MR) is 97.5 cm³/mol. The van der Waals surface area contributed by atoms with Crippen LogP contribution in [-0.2, 0) is 17.8 Å². The minimum atomic E-state index is -0.291. The van der Waals surface area contributed by atoms with Crippen molar-refractivity contribution in [2.45, 2.75) is 32.4 Å². The molecular formula is C19H21N5O2. The first-order valence-corrected chi connectivity index (χ1v) is 8.47. The van der Waals surface area contributed by atoms with Gasteiger partial charge in [-0.2, -0.15) is 0 Å². The molecule has 2 aromatic heterocycles. The molecule has 0 saturated heterocycles. The number of rotatable bonds is 7. The Morgan fingerprint density at radius 3 is 2.81 bits per heavy atom. The summed E-state index contributed by atoms with van der Waals surface area (Å²) in [6, 6.07) is 9.66. The van der Waals surface area contributed by atoms with Crippen LogP contribution in [0.15, 0.2) is 60.0 Å². The SMILES string of the molecule is Cc1nccn1CC[C@H](NC(=O)Cc1cnc[nH]c1=O)c1ccccc1. The fraction of sp³-hybridized carbons (Fsp3) is 0.263. The Balaban J connectivity index is 1.71. The van der Waals surface area contributed by atoms with Gasteiger partial charge in [0.1, 0.15) is 5.82 Å². The van der Waals surface area contributed by atoms with E-state index in [0.717, 1.165) is 24.4 Å². The lowest BCUT2D eigenvalue weighted by atomic mass is 10.0. The van der Waals surface area contributed by atoms with Crippen LogP contribution in [0.1, 0.15) is 29.4 Å². The lowest BCUT2D eigenvalue weighted by molar-refractivity contribution is -0.121. The third-order valence-electron chi connectivity index (χ3n) is 4.26. The van der Waals surface area contributed by atoms with Crippen molar-refractivity contribution in [1.29, 1.82) is 0 Å². The van der Waals surface area contributed by atoms with Crippen LogP contribution in [0, 0.1) is 6.92 Å². The summed E-state index contributed by atoms with van der Waals surface area (Å²) in [6.45, 7) is 2.68. The number of hydrogen-bond donors (Lipinski definition) is 2. The molecule has 2 heterocycles. The van der Waals surface area contributed by atoms with E-state index in [2.05, 4.69) is 20.3 Å². The number of nitrogens with zero attached hydrogens (tertiary/aromatic N) is 3. The third kappa shape index (κ3) is 4.44. The van der Waals surface area contributed by atoms with Crippen LogP contribution in [0.4, 0.5) is 0 Å². The maximum absolute atomic E-state index is 12.5. The minimum Gasteiger partial charge on any atom is -0.349 e. The predicted octanol–water partition coefficient (Wildman–Crippen LogP) is 1.77. The molecule has 3 rings (SSSR count). The summed E-state index contributed by atoms with van der Waals surface area (Å²) in [7, 11) is 0. The van der Waals surface area contributed by atoms with E-state index >= 15 is 0 Å². The van der Waals surface area contributed by atoms with E-state index in [-0.39, 0.29) is 23.9 Å². The molecule has 1 amide bonds. The molecule has 0 unspecified atom stereocenters. The van der Waals surface area contributed by atoms with E-state index in [0.29, 0.717) is 5.56 Å². The number of aryl methyl sites for hydroxylation is 2. The number of hydrogen-bond acceptors (Lipinski definition) is 4. The van der Waals surface area contributed by atoms with Gasteiger partial charge in [-0.1, -0.05) is 30.3 Å². The van der Waals surface area contributed by atoms with E-state index in [9.17, 15) is 9.59 Å². The van der Waals surface area contributed by atoms with Crippen molar-refractivity contribution in [3.63, 3.8) is 0 Å². The highest BCUT2D eigenvalue weighted by Crippen LogP contribution is 2.18. The normalized spacial score (nSPS) is 11.9. The van der Waals surface area contributed by atoms with Gasteiger partial charge in [0.15, 0.2) is 0 Å². The summed E-state index contributed by atoms with van der Waals surface area (Å²) in [5.41, 5.74) is 1.08. The average molecular weight is 351 g/mol. The quantitative estimate of drug-likeness (QED) is 0.678. The first-order chi connectivity index (χ1) is 12.6. The zero-order valence-corrected chi connectivity index (χ0v) is 14.6. The number of H-pyrrole nitrogens is 1. The lowest BCUT2D eigenvalue weighted by Crippen LogP contribution is -2.32. The van der Waals surface area contributed by atoms with E-state index in [1.54, 1.807) is 6.20 Å². The fourth-order valence-electron chi connectivity index (χ4n) is 2.83. The number of nitrogens with one attached hydrogen (secondary N) is 2. The number of aromatic nitrogens is 4. The standard InChI is InChI=1S/C19H21N5O2/c1-14-21-8-10-24(14)9-7-17(15-5-3-2-4-6-15)23-18(25)11-16-12-20-13-22-19(16)26/h2-6,8,10,12-13,17H,7,9,11H2,1H3,(H,23,25)(H,20,22,26)/t17-/m0/s1. The fourth-order valence-corrected chi connectivity index (χ4v) is 2.83. The molecule has 0 spiro atoms. The molecule has 0 bridgehead atoms. The van der Waals surface area contributed by atoms with Crippen molar-refractivity contribution >= 4 is 5.91 Å². The molecule has 7 heteroatoms. The molecule has 3 aromatic rings. The van der Waals surface area contributed by atoms with Crippen molar-refractivity contribution in [2.75, 3.05) is 0 Å². The molecular weight excluding hydrogens is 330 g/mol. The molecule has 2 N–H and O–H groups in total. The number of aromatic amines is 1. The molecule has 0 saturated carbocycles. The molecule has 7 nitrogen and oxygen atoms in total. The van der Waals surface area contributed by atoms with E-state index in [1.165, 1.54) is 12.5 Å². The Bertz CT molecular complexity index is 917. The van der Waals surface area contributed by atoms with Gasteiger partial charge in [0.05, 0.1) is 18.8 Å². The second-order valence-corrected chi connectivity index (χ2v) is 6.07. The highest BCUT2D eigenvalue weighted by atomic mass is 16.2. The average Bonchev–Trinajstić information content (AvgIpc) is 3.06. The van der Waals surface area contributed by atoms with Gasteiger partial charge in [0.2, 0.25) is 5.91 Å². The van der Waals surface area contributed by atoms with E-state index in [1.807, 2.05) is 48.0 Å². The number of imidazole rings is 1. The minimum absolute atomic E-state index is 0.00336. The van der Waals surface area contributed by atoms with Crippen LogP contribution in [0.25, 0.3) is 0 Å². The van der Waals surface area contributed by atoms with Crippen molar-refractivity contribution < 1.29 is 4.79 Å². The Labute approximate surface area is 151 Å². The van der Waals surface area contributed by atoms with Crippen LogP contribution in [-0.4, -0.2) is 25.4 Å². The monoisotopic (exact) mass is 351 g/mol. The summed E-state index contributed by atoms with van der Waals surface area (Å²) in [5.74, 6) is 0.727. The molecule has 0 radical (unpaired) electrons. The zero-order valence-electron chi connectivity index (χ0n) is 14.6. The molecule has 0 fully saturated rings. The number of carbonyl (C=O) groups excluding carboxylic acids is 1. The maximum Gasteiger partial charge on any atom is 0.254 e. The first-order valence-electron chi connectivity index (χ1n) is 8.47. The van der Waals surface area contributed by atoms with Crippen molar-refractivity contribution in [2.24, 2.45) is 0 Å². The van der Waals surface area contributed by atoms with Gasteiger partial charge in [-0.25, -0.2) is 9.97 Å². The topological polar surface area (TPSA) is 92.7 Å². The van der Waals surface area contributed by atoms with Crippen LogP contribution in [0.3, 0.4) is 0 Å². The number of benzene rings is 1. The largest absolute Gasteiger partial charge is 0.349 e. The second kappa shape index (κ2) is 8.24. The Hall–Kier alpha value is -3.22. The van der Waals surface area contributed by atoms with Crippen LogP contribution in [0.5, 0.6) is 0 Å². The summed E-state index contributed by atoms with van der Waals surface area (Å²) in [4.78, 5) is 34.8. The Kier molecular flexibility index (Phi) is 5.58. The molecule has 0 aliphatic rings. The highest BCUT2D eigenvalue weighted by molar-refractivity contribution is 5.78. The number of carbonyl (C=O) groups is 1. The summed E-state index contributed by atoms with van der Waals surface area (Å²) < 4.78 is 2.05. The molecule has 134 valence electrons. The van der Waals surface area contributed by atoms with Gasteiger partial charge in [0.25, 0.3) is 5.56 Å². The van der Waals surface area contributed by atoms with Gasteiger partial charge in [-0.3, -0.25) is 9.59 Å². The van der Waals surface area contributed by atoms with Gasteiger partial charge in [-0.05, 0) is 18.9 Å². The van der Waals surface area contributed by atoms with Crippen molar-refractivity contribution in [3.8, 4) is 0 Å². The highest BCUT2D eigenvalue weighted by Gasteiger charge is 2.16. The van der Waals surface area contributed by atoms with Gasteiger partial charge >= 0.3 is 0 Å². The number of amides is 1. The summed E-state index contributed by atoms with van der Waals surface area (Å²) >= 11 is 0. The van der Waals surface area contributed by atoms with Crippen LogP contribution < -0.4 is 10.9 Å². The van der Waals surface area contributed by atoms with Gasteiger partial charge in [0, 0.05) is 30.7 Å². The molecule has 1 aromatic carbocycles.